The molecule has 0 bridgehead atoms. The minimum atomic E-state index is -0.412. The minimum absolute atomic E-state index is 0.174. The van der Waals surface area contributed by atoms with E-state index in [1.165, 1.54) is 12.1 Å². The van der Waals surface area contributed by atoms with Crippen LogP contribution in [0.4, 0.5) is 8.78 Å². The van der Waals surface area contributed by atoms with Crippen molar-refractivity contribution in [1.82, 2.24) is 10.2 Å². The van der Waals surface area contributed by atoms with Gasteiger partial charge in [0.25, 0.3) is 0 Å². The Morgan fingerprint density at radius 3 is 2.52 bits per heavy atom. The van der Waals surface area contributed by atoms with Gasteiger partial charge in [-0.3, -0.25) is 4.90 Å². The molecule has 0 spiro atoms. The highest BCUT2D eigenvalue weighted by atomic mass is 19.1. The lowest BCUT2D eigenvalue weighted by Gasteiger charge is -2.39. The monoisotopic (exact) mass is 296 g/mol. The second kappa shape index (κ2) is 7.32. The molecule has 1 heterocycles. The topological polar surface area (TPSA) is 15.3 Å². The predicted molar refractivity (Wildman–Crippen MR) is 82.4 cm³/mol. The summed E-state index contributed by atoms with van der Waals surface area (Å²) in [5.41, 5.74) is 0.785. The van der Waals surface area contributed by atoms with E-state index in [0.717, 1.165) is 39.0 Å². The third-order valence-corrected chi connectivity index (χ3v) is 4.44. The summed E-state index contributed by atoms with van der Waals surface area (Å²) < 4.78 is 28.9. The van der Waals surface area contributed by atoms with Gasteiger partial charge in [0, 0.05) is 37.8 Å². The fourth-order valence-corrected chi connectivity index (χ4v) is 3.35. The second-order valence-electron chi connectivity index (χ2n) is 6.09. The third-order valence-electron chi connectivity index (χ3n) is 4.44. The van der Waals surface area contributed by atoms with Crippen molar-refractivity contribution in [3.8, 4) is 0 Å². The summed E-state index contributed by atoms with van der Waals surface area (Å²) in [5, 5.41) is 3.30. The van der Waals surface area contributed by atoms with E-state index in [-0.39, 0.29) is 23.3 Å². The molecule has 0 aromatic heterocycles. The number of halogens is 2. The van der Waals surface area contributed by atoms with Gasteiger partial charge in [0.05, 0.1) is 0 Å². The van der Waals surface area contributed by atoms with Gasteiger partial charge in [-0.15, -0.1) is 0 Å². The summed E-state index contributed by atoms with van der Waals surface area (Å²) in [4.78, 5) is 2.23. The Balaban J connectivity index is 2.41. The molecule has 1 saturated heterocycles. The van der Waals surface area contributed by atoms with Crippen molar-refractivity contribution in [3.63, 3.8) is 0 Å². The molecule has 2 rings (SSSR count). The third kappa shape index (κ3) is 3.61. The molecule has 1 N–H and O–H groups in total. The van der Waals surface area contributed by atoms with Gasteiger partial charge in [-0.05, 0) is 30.9 Å². The summed E-state index contributed by atoms with van der Waals surface area (Å²) in [6.45, 7) is 9.37. The van der Waals surface area contributed by atoms with Gasteiger partial charge in [0.2, 0.25) is 0 Å². The Morgan fingerprint density at radius 1 is 1.24 bits per heavy atom. The maximum atomic E-state index is 14.6. The maximum Gasteiger partial charge on any atom is 0.133 e. The zero-order chi connectivity index (χ0) is 15.4. The largest absolute Gasteiger partial charge is 0.314 e. The van der Waals surface area contributed by atoms with E-state index < -0.39 is 5.82 Å². The van der Waals surface area contributed by atoms with Gasteiger partial charge in [-0.2, -0.15) is 0 Å². The van der Waals surface area contributed by atoms with E-state index in [1.807, 2.05) is 0 Å². The van der Waals surface area contributed by atoms with Crippen molar-refractivity contribution in [1.29, 1.82) is 0 Å². The number of rotatable bonds is 5. The van der Waals surface area contributed by atoms with E-state index in [2.05, 4.69) is 24.1 Å². The van der Waals surface area contributed by atoms with Crippen LogP contribution in [0.15, 0.2) is 12.1 Å². The fourth-order valence-electron chi connectivity index (χ4n) is 3.35. The number of hydrogen-bond donors (Lipinski definition) is 1. The Labute approximate surface area is 126 Å². The van der Waals surface area contributed by atoms with Crippen LogP contribution in [-0.2, 0) is 0 Å². The summed E-state index contributed by atoms with van der Waals surface area (Å²) in [6, 6.07) is 2.75. The normalized spacial score (nSPS) is 19.5. The molecule has 1 fully saturated rings. The molecule has 0 radical (unpaired) electrons. The highest BCUT2D eigenvalue weighted by Gasteiger charge is 2.31. The van der Waals surface area contributed by atoms with Gasteiger partial charge in [-0.1, -0.05) is 26.3 Å². The molecular weight excluding hydrogens is 270 g/mol. The number of aryl methyl sites for hydroxylation is 1. The van der Waals surface area contributed by atoms with Crippen LogP contribution in [0.5, 0.6) is 0 Å². The van der Waals surface area contributed by atoms with Crippen molar-refractivity contribution in [2.45, 2.75) is 39.7 Å². The van der Waals surface area contributed by atoms with Crippen molar-refractivity contribution < 1.29 is 8.78 Å². The van der Waals surface area contributed by atoms with Crippen molar-refractivity contribution >= 4 is 0 Å². The molecular formula is C17H26F2N2. The van der Waals surface area contributed by atoms with Crippen LogP contribution in [-0.4, -0.2) is 31.1 Å². The molecule has 1 unspecified atom stereocenters. The molecule has 1 aliphatic rings. The first kappa shape index (κ1) is 16.4. The fraction of sp³-hybridized carbons (Fsp3) is 0.647. The summed E-state index contributed by atoms with van der Waals surface area (Å²) in [7, 11) is 0. The van der Waals surface area contributed by atoms with Crippen molar-refractivity contribution in [3.05, 3.63) is 34.9 Å². The zero-order valence-electron chi connectivity index (χ0n) is 13.3. The Kier molecular flexibility index (Phi) is 5.71. The number of hydrogen-bond acceptors (Lipinski definition) is 2. The van der Waals surface area contributed by atoms with E-state index >= 15 is 0 Å². The predicted octanol–water partition coefficient (Wildman–Crippen LogP) is 3.66. The number of nitrogens with zero attached hydrogens (tertiary/aromatic N) is 1. The van der Waals surface area contributed by atoms with Crippen LogP contribution in [0.2, 0.25) is 0 Å². The molecule has 0 amide bonds. The lowest BCUT2D eigenvalue weighted by molar-refractivity contribution is 0.119. The Morgan fingerprint density at radius 2 is 1.90 bits per heavy atom. The maximum absolute atomic E-state index is 14.6. The van der Waals surface area contributed by atoms with Crippen LogP contribution in [0, 0.1) is 24.5 Å². The molecule has 1 aromatic carbocycles. The second-order valence-corrected chi connectivity index (χ2v) is 6.09. The van der Waals surface area contributed by atoms with E-state index in [0.29, 0.717) is 5.56 Å². The SMILES string of the molecule is CCCC(C)[C@@H](c1c(F)ccc(C)c1F)N1CCNCC1. The first-order valence-electron chi connectivity index (χ1n) is 7.95. The average Bonchev–Trinajstić information content (AvgIpc) is 2.48. The van der Waals surface area contributed by atoms with Gasteiger partial charge >= 0.3 is 0 Å². The van der Waals surface area contributed by atoms with Crippen LogP contribution >= 0.6 is 0 Å². The van der Waals surface area contributed by atoms with Crippen molar-refractivity contribution in [2.75, 3.05) is 26.2 Å². The lowest BCUT2D eigenvalue weighted by atomic mass is 9.87. The lowest BCUT2D eigenvalue weighted by Crippen LogP contribution is -2.47. The van der Waals surface area contributed by atoms with E-state index in [4.69, 9.17) is 0 Å². The molecule has 118 valence electrons. The molecule has 21 heavy (non-hydrogen) atoms. The van der Waals surface area contributed by atoms with Crippen LogP contribution in [0.3, 0.4) is 0 Å². The molecule has 1 aromatic rings. The smallest absolute Gasteiger partial charge is 0.133 e. The van der Waals surface area contributed by atoms with Gasteiger partial charge in [0.1, 0.15) is 11.6 Å². The number of piperazine rings is 1. The standard InChI is InChI=1S/C17H26F2N2/c1-4-5-13(3)17(21-10-8-20-9-11-21)15-14(18)7-6-12(2)16(15)19/h6-7,13,17,20H,4-5,8-11H2,1-3H3/t13?,17-/m0/s1. The van der Waals surface area contributed by atoms with Crippen LogP contribution < -0.4 is 5.32 Å². The molecule has 0 aliphatic carbocycles. The molecule has 4 heteroatoms. The highest BCUT2D eigenvalue weighted by molar-refractivity contribution is 5.30. The van der Waals surface area contributed by atoms with Crippen molar-refractivity contribution in [2.24, 2.45) is 5.92 Å². The first-order chi connectivity index (χ1) is 10.1. The Hall–Kier alpha value is -1.00. The molecule has 0 saturated carbocycles. The minimum Gasteiger partial charge on any atom is -0.314 e. The van der Waals surface area contributed by atoms with E-state index in [9.17, 15) is 8.78 Å². The quantitative estimate of drug-likeness (QED) is 0.892. The zero-order valence-corrected chi connectivity index (χ0v) is 13.3. The molecule has 2 nitrogen and oxygen atoms in total. The molecule has 2 atom stereocenters. The summed E-state index contributed by atoms with van der Waals surface area (Å²) >= 11 is 0. The van der Waals surface area contributed by atoms with Crippen LogP contribution in [0.1, 0.15) is 43.9 Å². The number of benzene rings is 1. The summed E-state index contributed by atoms with van der Waals surface area (Å²) in [6.07, 6.45) is 2.00. The summed E-state index contributed by atoms with van der Waals surface area (Å²) in [5.74, 6) is -0.551. The van der Waals surface area contributed by atoms with Gasteiger partial charge in [0.15, 0.2) is 0 Å². The molecule has 1 aliphatic heterocycles. The highest BCUT2D eigenvalue weighted by Crippen LogP contribution is 2.35. The average molecular weight is 296 g/mol. The van der Waals surface area contributed by atoms with Crippen LogP contribution in [0.25, 0.3) is 0 Å². The van der Waals surface area contributed by atoms with Gasteiger partial charge in [-0.25, -0.2) is 8.78 Å². The van der Waals surface area contributed by atoms with Gasteiger partial charge < -0.3 is 5.32 Å². The first-order valence-corrected chi connectivity index (χ1v) is 7.95. The number of nitrogens with one attached hydrogen (secondary N) is 1. The Bertz CT molecular complexity index is 470. The van der Waals surface area contributed by atoms with E-state index in [1.54, 1.807) is 6.92 Å².